The van der Waals surface area contributed by atoms with Gasteiger partial charge in [0, 0.05) is 34.5 Å². The molecule has 0 aromatic heterocycles. The number of ether oxygens (including phenoxy) is 1. The molecule has 0 bridgehead atoms. The molecule has 5 heteroatoms. The molecule has 3 nitrogen and oxygen atoms in total. The van der Waals surface area contributed by atoms with Crippen LogP contribution in [0.5, 0.6) is 5.75 Å². The van der Waals surface area contributed by atoms with Gasteiger partial charge >= 0.3 is 0 Å². The fourth-order valence-corrected chi connectivity index (χ4v) is 2.77. The van der Waals surface area contributed by atoms with Gasteiger partial charge in [-0.3, -0.25) is 0 Å². The fraction of sp³-hybridized carbons (Fsp3) is 0.133. The van der Waals surface area contributed by atoms with Crippen LogP contribution in [-0.2, 0) is 0 Å². The number of hydrogen-bond donors (Lipinski definition) is 1. The van der Waals surface area contributed by atoms with E-state index in [9.17, 15) is 0 Å². The first kappa shape index (κ1) is 14.8. The van der Waals surface area contributed by atoms with E-state index in [-0.39, 0.29) is 0 Å². The minimum Gasteiger partial charge on any atom is -0.497 e. The Morgan fingerprint density at radius 2 is 1.90 bits per heavy atom. The zero-order chi connectivity index (χ0) is 14.7. The Morgan fingerprint density at radius 1 is 1.20 bits per heavy atom. The molecule has 0 atom stereocenters. The summed E-state index contributed by atoms with van der Waals surface area (Å²) in [6.45, 7) is 0. The number of benzene rings is 2. The molecule has 0 fully saturated rings. The van der Waals surface area contributed by atoms with Crippen LogP contribution in [0.1, 0.15) is 5.56 Å². The maximum absolute atomic E-state index is 5.66. The minimum absolute atomic E-state index is 0.382. The highest BCUT2D eigenvalue weighted by molar-refractivity contribution is 9.10. The van der Waals surface area contributed by atoms with Gasteiger partial charge in [-0.15, -0.1) is 0 Å². The summed E-state index contributed by atoms with van der Waals surface area (Å²) >= 11 is 8.50. The van der Waals surface area contributed by atoms with Crippen molar-refractivity contribution in [2.75, 3.05) is 19.1 Å². The Morgan fingerprint density at radius 3 is 2.50 bits per heavy atom. The van der Waals surface area contributed by atoms with E-state index in [0.717, 1.165) is 27.2 Å². The van der Waals surface area contributed by atoms with Crippen LogP contribution in [0.4, 0.5) is 11.4 Å². The zero-order valence-electron chi connectivity index (χ0n) is 11.3. The van der Waals surface area contributed by atoms with Gasteiger partial charge in [-0.1, -0.05) is 18.3 Å². The molecule has 20 heavy (non-hydrogen) atoms. The monoisotopic (exact) mass is 350 g/mol. The number of nitrogens with two attached hydrogens (primary N) is 1. The number of methoxy groups -OCH3 is 1. The third-order valence-corrected chi connectivity index (χ3v) is 3.92. The number of nitrogens with zero attached hydrogens (tertiary/aromatic N) is 1. The topological polar surface area (TPSA) is 38.5 Å². The third kappa shape index (κ3) is 3.11. The summed E-state index contributed by atoms with van der Waals surface area (Å²) in [7, 11) is 3.66. The number of halogens is 1. The van der Waals surface area contributed by atoms with Crippen LogP contribution in [0.25, 0.3) is 0 Å². The van der Waals surface area contributed by atoms with E-state index < -0.39 is 0 Å². The van der Waals surface area contributed by atoms with Crippen LogP contribution in [-0.4, -0.2) is 19.1 Å². The van der Waals surface area contributed by atoms with Crippen molar-refractivity contribution in [2.24, 2.45) is 5.73 Å². The maximum Gasteiger partial charge on any atom is 0.120 e. The average molecular weight is 351 g/mol. The third-order valence-electron chi connectivity index (χ3n) is 3.05. The molecule has 2 rings (SSSR count). The van der Waals surface area contributed by atoms with Crippen molar-refractivity contribution in [1.82, 2.24) is 0 Å². The van der Waals surface area contributed by atoms with Crippen molar-refractivity contribution < 1.29 is 4.74 Å². The molecular weight excluding hydrogens is 336 g/mol. The summed E-state index contributed by atoms with van der Waals surface area (Å²) in [5.74, 6) is 0.827. The first-order chi connectivity index (χ1) is 9.52. The molecule has 0 aliphatic carbocycles. The van der Waals surface area contributed by atoms with Crippen molar-refractivity contribution in [3.05, 3.63) is 52.5 Å². The lowest BCUT2D eigenvalue weighted by molar-refractivity contribution is 0.415. The van der Waals surface area contributed by atoms with Gasteiger partial charge in [0.05, 0.1) is 7.11 Å². The van der Waals surface area contributed by atoms with E-state index in [4.69, 9.17) is 22.7 Å². The molecule has 0 radical (unpaired) electrons. The maximum atomic E-state index is 5.66. The second kappa shape index (κ2) is 6.24. The van der Waals surface area contributed by atoms with E-state index in [2.05, 4.69) is 20.8 Å². The normalized spacial score (nSPS) is 10.2. The van der Waals surface area contributed by atoms with Crippen molar-refractivity contribution in [1.29, 1.82) is 0 Å². The molecule has 0 spiro atoms. The summed E-state index contributed by atoms with van der Waals surface area (Å²) in [6.07, 6.45) is 0. The first-order valence-electron chi connectivity index (χ1n) is 6.00. The van der Waals surface area contributed by atoms with Crippen LogP contribution in [0.3, 0.4) is 0 Å². The molecule has 0 aliphatic heterocycles. The largest absolute Gasteiger partial charge is 0.497 e. The van der Waals surface area contributed by atoms with Crippen LogP contribution >= 0.6 is 28.1 Å². The van der Waals surface area contributed by atoms with Gasteiger partial charge in [0.25, 0.3) is 0 Å². The highest BCUT2D eigenvalue weighted by Gasteiger charge is 2.09. The van der Waals surface area contributed by atoms with Gasteiger partial charge in [-0.2, -0.15) is 0 Å². The predicted octanol–water partition coefficient (Wildman–Crippen LogP) is 3.86. The molecule has 2 aromatic carbocycles. The van der Waals surface area contributed by atoms with Crippen molar-refractivity contribution >= 4 is 44.5 Å². The van der Waals surface area contributed by atoms with Crippen LogP contribution in [0, 0.1) is 0 Å². The summed E-state index contributed by atoms with van der Waals surface area (Å²) < 4.78 is 6.13. The lowest BCUT2D eigenvalue weighted by Crippen LogP contribution is -2.12. The molecule has 2 N–H and O–H groups in total. The first-order valence-corrected chi connectivity index (χ1v) is 7.20. The van der Waals surface area contributed by atoms with Gasteiger partial charge in [-0.05, 0) is 46.3 Å². The van der Waals surface area contributed by atoms with E-state index in [0.29, 0.717) is 4.99 Å². The molecule has 104 valence electrons. The lowest BCUT2D eigenvalue weighted by Gasteiger charge is -2.21. The number of anilines is 2. The Hall–Kier alpha value is -1.59. The van der Waals surface area contributed by atoms with E-state index in [1.165, 1.54) is 0 Å². The number of hydrogen-bond acceptors (Lipinski definition) is 3. The second-order valence-corrected chi connectivity index (χ2v) is 5.58. The van der Waals surface area contributed by atoms with Crippen molar-refractivity contribution in [2.45, 2.75) is 0 Å². The molecule has 0 unspecified atom stereocenters. The summed E-state index contributed by atoms with van der Waals surface area (Å²) in [6, 6.07) is 13.8. The van der Waals surface area contributed by atoms with Crippen molar-refractivity contribution in [3.63, 3.8) is 0 Å². The Bertz CT molecular complexity index is 646. The minimum atomic E-state index is 0.382. The Labute approximate surface area is 132 Å². The standard InChI is InChI=1S/C15H15BrN2OS/c1-18(10-4-3-5-12(8-10)19-2)11-6-7-13(15(17)20)14(16)9-11/h3-9H,1-2H3,(H2,17,20). The molecule has 0 amide bonds. The number of thiocarbonyl (C=S) groups is 1. The van der Waals surface area contributed by atoms with Crippen LogP contribution in [0.2, 0.25) is 0 Å². The van der Waals surface area contributed by atoms with E-state index in [1.807, 2.05) is 49.5 Å². The van der Waals surface area contributed by atoms with Crippen molar-refractivity contribution in [3.8, 4) is 5.75 Å². The summed E-state index contributed by atoms with van der Waals surface area (Å²) in [4.78, 5) is 2.45. The quantitative estimate of drug-likeness (QED) is 0.849. The smallest absolute Gasteiger partial charge is 0.120 e. The molecular formula is C15H15BrN2OS. The molecule has 0 heterocycles. The fourth-order valence-electron chi connectivity index (χ4n) is 1.88. The molecule has 0 saturated carbocycles. The highest BCUT2D eigenvalue weighted by Crippen LogP contribution is 2.30. The zero-order valence-corrected chi connectivity index (χ0v) is 13.7. The summed E-state index contributed by atoms with van der Waals surface area (Å²) in [5, 5.41) is 0. The Balaban J connectivity index is 2.35. The van der Waals surface area contributed by atoms with Gasteiger partial charge in [0.15, 0.2) is 0 Å². The van der Waals surface area contributed by atoms with Gasteiger partial charge < -0.3 is 15.4 Å². The van der Waals surface area contributed by atoms with E-state index >= 15 is 0 Å². The van der Waals surface area contributed by atoms with Crippen LogP contribution in [0.15, 0.2) is 46.9 Å². The predicted molar refractivity (Wildman–Crippen MR) is 91.1 cm³/mol. The van der Waals surface area contributed by atoms with Gasteiger partial charge in [0.2, 0.25) is 0 Å². The van der Waals surface area contributed by atoms with Gasteiger partial charge in [0.1, 0.15) is 10.7 Å². The average Bonchev–Trinajstić information content (AvgIpc) is 2.46. The SMILES string of the molecule is COc1cccc(N(C)c2ccc(C(N)=S)c(Br)c2)c1. The van der Waals surface area contributed by atoms with E-state index in [1.54, 1.807) is 7.11 Å². The van der Waals surface area contributed by atoms with Gasteiger partial charge in [-0.25, -0.2) is 0 Å². The Kier molecular flexibility index (Phi) is 4.62. The molecule has 0 aliphatic rings. The molecule has 2 aromatic rings. The second-order valence-electron chi connectivity index (χ2n) is 4.29. The molecule has 0 saturated heterocycles. The summed E-state index contributed by atoms with van der Waals surface area (Å²) in [5.41, 5.74) is 8.57. The highest BCUT2D eigenvalue weighted by atomic mass is 79.9. The lowest BCUT2D eigenvalue weighted by atomic mass is 10.2. The number of rotatable bonds is 4. The van der Waals surface area contributed by atoms with Crippen LogP contribution < -0.4 is 15.4 Å².